The Bertz CT molecular complexity index is 1060. The Kier molecular flexibility index (Phi) is 8.90. The van der Waals surface area contributed by atoms with Crippen LogP contribution in [0.15, 0.2) is 18.2 Å². The lowest BCUT2D eigenvalue weighted by Crippen LogP contribution is -2.48. The van der Waals surface area contributed by atoms with Crippen molar-refractivity contribution in [2.24, 2.45) is 5.92 Å². The first-order chi connectivity index (χ1) is 16.2. The van der Waals surface area contributed by atoms with E-state index >= 15 is 0 Å². The predicted molar refractivity (Wildman–Crippen MR) is 133 cm³/mol. The smallest absolute Gasteiger partial charge is 0.266 e. The molecule has 3 rings (SSSR count). The van der Waals surface area contributed by atoms with Crippen LogP contribution in [0.2, 0.25) is 5.02 Å². The zero-order valence-corrected chi connectivity index (χ0v) is 21.5. The van der Waals surface area contributed by atoms with Gasteiger partial charge in [0.1, 0.15) is 17.2 Å². The van der Waals surface area contributed by atoms with Crippen LogP contribution in [-0.2, 0) is 4.79 Å². The van der Waals surface area contributed by atoms with Crippen molar-refractivity contribution >= 4 is 40.7 Å². The van der Waals surface area contributed by atoms with Gasteiger partial charge >= 0.3 is 0 Å². The molecule has 2 heterocycles. The average Bonchev–Trinajstić information content (AvgIpc) is 3.12. The topological polar surface area (TPSA) is 101 Å². The monoisotopic (exact) mass is 506 g/mol. The number of amides is 3. The number of carbonyl (C=O) groups excluding carboxylic acids is 3. The Morgan fingerprint density at radius 2 is 2.03 bits per heavy atom. The largest absolute Gasteiger partial charge is 0.491 e. The summed E-state index contributed by atoms with van der Waals surface area (Å²) < 4.78 is 5.95. The molecule has 3 amide bonds. The van der Waals surface area contributed by atoms with Crippen LogP contribution in [-0.4, -0.2) is 59.9 Å². The molecule has 0 unspecified atom stereocenters. The van der Waals surface area contributed by atoms with Crippen LogP contribution in [0.1, 0.15) is 57.4 Å². The highest BCUT2D eigenvalue weighted by atomic mass is 35.5. The molecule has 1 aromatic heterocycles. The molecule has 8 nitrogen and oxygen atoms in total. The highest BCUT2D eigenvalue weighted by Crippen LogP contribution is 2.24. The van der Waals surface area contributed by atoms with E-state index in [9.17, 15) is 14.4 Å². The fraction of sp³-hybridized carbons (Fsp3) is 0.500. The fourth-order valence-electron chi connectivity index (χ4n) is 3.66. The number of halogens is 1. The zero-order chi connectivity index (χ0) is 24.8. The van der Waals surface area contributed by atoms with Gasteiger partial charge in [-0.1, -0.05) is 25.4 Å². The van der Waals surface area contributed by atoms with Crippen molar-refractivity contribution in [1.29, 1.82) is 0 Å². The van der Waals surface area contributed by atoms with Gasteiger partial charge in [-0.25, -0.2) is 4.98 Å². The van der Waals surface area contributed by atoms with Gasteiger partial charge in [-0.15, -0.1) is 11.3 Å². The Morgan fingerprint density at radius 3 is 2.71 bits per heavy atom. The van der Waals surface area contributed by atoms with Crippen LogP contribution in [0.5, 0.6) is 5.75 Å². The summed E-state index contributed by atoms with van der Waals surface area (Å²) in [6, 6.07) is 4.59. The van der Waals surface area contributed by atoms with Crippen molar-refractivity contribution in [2.45, 2.75) is 46.6 Å². The molecular weight excluding hydrogens is 476 g/mol. The number of rotatable bonds is 2. The molecule has 1 aromatic carbocycles. The molecule has 2 N–H and O–H groups in total. The van der Waals surface area contributed by atoms with E-state index in [-0.39, 0.29) is 42.8 Å². The number of ether oxygens (including phenoxy) is 1. The molecule has 2 aromatic rings. The van der Waals surface area contributed by atoms with Gasteiger partial charge in [0, 0.05) is 18.1 Å². The second kappa shape index (κ2) is 11.7. The van der Waals surface area contributed by atoms with E-state index in [1.54, 1.807) is 30.0 Å². The Balaban J connectivity index is 1.83. The van der Waals surface area contributed by atoms with E-state index in [1.807, 2.05) is 20.8 Å². The molecule has 0 fully saturated rings. The van der Waals surface area contributed by atoms with Gasteiger partial charge in [-0.2, -0.15) is 0 Å². The molecule has 0 radical (unpaired) electrons. The normalized spacial score (nSPS) is 18.3. The van der Waals surface area contributed by atoms with E-state index in [1.165, 1.54) is 11.3 Å². The average molecular weight is 507 g/mol. The van der Waals surface area contributed by atoms with Gasteiger partial charge in [0.2, 0.25) is 5.91 Å². The predicted octanol–water partition coefficient (Wildman–Crippen LogP) is 3.60. The summed E-state index contributed by atoms with van der Waals surface area (Å²) in [6.45, 7) is 8.54. The van der Waals surface area contributed by atoms with E-state index in [0.717, 1.165) is 5.01 Å². The van der Waals surface area contributed by atoms with Crippen LogP contribution in [0.4, 0.5) is 0 Å². The highest BCUT2D eigenvalue weighted by molar-refractivity contribution is 7.13. The second-order valence-electron chi connectivity index (χ2n) is 8.71. The Morgan fingerprint density at radius 1 is 1.26 bits per heavy atom. The molecule has 10 heteroatoms. The van der Waals surface area contributed by atoms with Crippen LogP contribution in [0, 0.1) is 19.8 Å². The minimum absolute atomic E-state index is 0.0585. The van der Waals surface area contributed by atoms with Gasteiger partial charge in [-0.05, 0) is 50.8 Å². The van der Waals surface area contributed by atoms with Crippen molar-refractivity contribution in [1.82, 2.24) is 20.5 Å². The lowest BCUT2D eigenvalue weighted by Gasteiger charge is -2.26. The van der Waals surface area contributed by atoms with Crippen LogP contribution in [0.3, 0.4) is 0 Å². The number of fused-ring (bicyclic) bond motifs is 1. The number of nitrogens with zero attached hydrogens (tertiary/aromatic N) is 2. The van der Waals surface area contributed by atoms with E-state index in [4.69, 9.17) is 16.3 Å². The molecule has 0 saturated carbocycles. The molecule has 34 heavy (non-hydrogen) atoms. The molecule has 0 aliphatic carbocycles. The SMILES string of the molecule is Cc1nc(C)c(C(=O)N2CCCCNC(=O)c3cc(Cl)ccc3OC[C@@H](C(C)C)NC(=O)C2)s1. The van der Waals surface area contributed by atoms with Crippen molar-refractivity contribution in [3.8, 4) is 5.75 Å². The van der Waals surface area contributed by atoms with Crippen LogP contribution in [0.25, 0.3) is 0 Å². The summed E-state index contributed by atoms with van der Waals surface area (Å²) in [5, 5.41) is 7.14. The number of carbonyl (C=O) groups is 3. The fourth-order valence-corrected chi connectivity index (χ4v) is 4.72. The molecule has 0 spiro atoms. The van der Waals surface area contributed by atoms with E-state index in [0.29, 0.717) is 52.8 Å². The van der Waals surface area contributed by atoms with Crippen molar-refractivity contribution in [3.05, 3.63) is 44.4 Å². The summed E-state index contributed by atoms with van der Waals surface area (Å²) in [5.74, 6) is -0.258. The summed E-state index contributed by atoms with van der Waals surface area (Å²) in [5.41, 5.74) is 1.02. The second-order valence-corrected chi connectivity index (χ2v) is 10.3. The third-order valence-corrected chi connectivity index (χ3v) is 6.91. The zero-order valence-electron chi connectivity index (χ0n) is 19.9. The lowest BCUT2D eigenvalue weighted by atomic mass is 10.1. The Hall–Kier alpha value is -2.65. The number of hydrogen-bond donors (Lipinski definition) is 2. The molecule has 0 saturated heterocycles. The maximum Gasteiger partial charge on any atom is 0.266 e. The molecule has 1 aliphatic rings. The molecule has 0 bridgehead atoms. The van der Waals surface area contributed by atoms with Gasteiger partial charge in [0.05, 0.1) is 28.9 Å². The number of nitrogens with one attached hydrogen (secondary N) is 2. The first-order valence-electron chi connectivity index (χ1n) is 11.4. The lowest BCUT2D eigenvalue weighted by molar-refractivity contribution is -0.123. The minimum atomic E-state index is -0.312. The maximum atomic E-state index is 13.2. The number of benzene rings is 1. The van der Waals surface area contributed by atoms with Gasteiger partial charge in [-0.3, -0.25) is 14.4 Å². The molecular formula is C24H31ClN4O4S. The van der Waals surface area contributed by atoms with Crippen molar-refractivity contribution in [2.75, 3.05) is 26.2 Å². The summed E-state index contributed by atoms with van der Waals surface area (Å²) in [4.78, 5) is 45.4. The van der Waals surface area contributed by atoms with Gasteiger partial charge in [0.25, 0.3) is 11.8 Å². The third-order valence-electron chi connectivity index (χ3n) is 5.62. The van der Waals surface area contributed by atoms with E-state index in [2.05, 4.69) is 15.6 Å². The molecule has 184 valence electrons. The summed E-state index contributed by atoms with van der Waals surface area (Å²) in [6.07, 6.45) is 1.27. The highest BCUT2D eigenvalue weighted by Gasteiger charge is 2.25. The van der Waals surface area contributed by atoms with Crippen LogP contribution < -0.4 is 15.4 Å². The summed E-state index contributed by atoms with van der Waals surface area (Å²) in [7, 11) is 0. The van der Waals surface area contributed by atoms with Crippen LogP contribution >= 0.6 is 22.9 Å². The van der Waals surface area contributed by atoms with Crippen molar-refractivity contribution in [3.63, 3.8) is 0 Å². The summed E-state index contributed by atoms with van der Waals surface area (Å²) >= 11 is 7.44. The van der Waals surface area contributed by atoms with Crippen molar-refractivity contribution < 1.29 is 19.1 Å². The van der Waals surface area contributed by atoms with Gasteiger partial charge < -0.3 is 20.3 Å². The number of aromatic nitrogens is 1. The first kappa shape index (κ1) is 26.0. The van der Waals surface area contributed by atoms with E-state index < -0.39 is 0 Å². The maximum absolute atomic E-state index is 13.2. The standard InChI is InChI=1S/C24H31ClN4O4S/c1-14(2)19-13-33-20-8-7-17(25)11-18(20)23(31)26-9-5-6-10-29(12-21(30)28-19)24(32)22-15(3)27-16(4)34-22/h7-8,11,14,19H,5-6,9-10,12-13H2,1-4H3,(H,26,31)(H,28,30)/t19-/m0/s1. The minimum Gasteiger partial charge on any atom is -0.491 e. The number of hydrogen-bond acceptors (Lipinski definition) is 6. The quantitative estimate of drug-likeness (QED) is 0.648. The van der Waals surface area contributed by atoms with Gasteiger partial charge in [0.15, 0.2) is 0 Å². The number of aryl methyl sites for hydroxylation is 2. The first-order valence-corrected chi connectivity index (χ1v) is 12.6. The Labute approximate surface area is 209 Å². The number of thiazole rings is 1. The molecule has 1 aliphatic heterocycles. The molecule has 1 atom stereocenters. The third kappa shape index (κ3) is 6.70.